The third-order valence-corrected chi connectivity index (χ3v) is 5.18. The van der Waals surface area contributed by atoms with Gasteiger partial charge in [-0.1, -0.05) is 12.1 Å². The SMILES string of the molecule is Cc1cccc(N2CCN(CC[C@H](C)NC(=O)c3ccc(F)c(F)c3)CC2)c1. The first-order valence-corrected chi connectivity index (χ1v) is 9.72. The summed E-state index contributed by atoms with van der Waals surface area (Å²) >= 11 is 0. The van der Waals surface area contributed by atoms with E-state index in [1.165, 1.54) is 17.3 Å². The summed E-state index contributed by atoms with van der Waals surface area (Å²) in [6.45, 7) is 8.87. The summed E-state index contributed by atoms with van der Waals surface area (Å²) in [6, 6.07) is 11.7. The summed E-state index contributed by atoms with van der Waals surface area (Å²) in [5, 5.41) is 2.86. The Bertz CT molecular complexity index is 819. The van der Waals surface area contributed by atoms with Crippen LogP contribution in [-0.2, 0) is 0 Å². The lowest BCUT2D eigenvalue weighted by atomic mass is 10.1. The Hall–Kier alpha value is -2.47. The highest BCUT2D eigenvalue weighted by Gasteiger charge is 2.18. The van der Waals surface area contributed by atoms with Gasteiger partial charge in [-0.25, -0.2) is 8.78 Å². The van der Waals surface area contributed by atoms with E-state index in [-0.39, 0.29) is 17.5 Å². The second-order valence-corrected chi connectivity index (χ2v) is 7.46. The zero-order chi connectivity index (χ0) is 20.1. The molecular weight excluding hydrogens is 360 g/mol. The third kappa shape index (κ3) is 5.29. The molecule has 1 N–H and O–H groups in total. The first kappa shape index (κ1) is 20.3. The predicted octanol–water partition coefficient (Wildman–Crippen LogP) is 3.60. The van der Waals surface area contributed by atoms with Crippen LogP contribution in [0.5, 0.6) is 0 Å². The molecule has 150 valence electrons. The number of halogens is 2. The van der Waals surface area contributed by atoms with E-state index in [1.807, 2.05) is 6.92 Å². The minimum atomic E-state index is -1.01. The number of hydrogen-bond donors (Lipinski definition) is 1. The lowest BCUT2D eigenvalue weighted by Gasteiger charge is -2.36. The number of rotatable bonds is 6. The van der Waals surface area contributed by atoms with Gasteiger partial charge in [-0.05, 0) is 56.2 Å². The van der Waals surface area contributed by atoms with Crippen LogP contribution in [0.25, 0.3) is 0 Å². The molecule has 2 aromatic carbocycles. The van der Waals surface area contributed by atoms with E-state index in [0.717, 1.165) is 51.3 Å². The van der Waals surface area contributed by atoms with Crippen LogP contribution in [0.15, 0.2) is 42.5 Å². The lowest BCUT2D eigenvalue weighted by Crippen LogP contribution is -2.47. The van der Waals surface area contributed by atoms with Crippen molar-refractivity contribution < 1.29 is 13.6 Å². The second kappa shape index (κ2) is 9.15. The van der Waals surface area contributed by atoms with E-state index in [9.17, 15) is 13.6 Å². The van der Waals surface area contributed by atoms with Crippen LogP contribution in [0, 0.1) is 18.6 Å². The van der Waals surface area contributed by atoms with E-state index in [0.29, 0.717) is 0 Å². The number of carbonyl (C=O) groups is 1. The van der Waals surface area contributed by atoms with Gasteiger partial charge < -0.3 is 10.2 Å². The molecule has 0 bridgehead atoms. The number of benzene rings is 2. The number of aryl methyl sites for hydroxylation is 1. The van der Waals surface area contributed by atoms with Crippen molar-refractivity contribution in [1.29, 1.82) is 0 Å². The summed E-state index contributed by atoms with van der Waals surface area (Å²) < 4.78 is 26.3. The number of piperazine rings is 1. The molecule has 0 aliphatic carbocycles. The van der Waals surface area contributed by atoms with Gasteiger partial charge in [0.15, 0.2) is 11.6 Å². The number of amides is 1. The van der Waals surface area contributed by atoms with E-state index < -0.39 is 11.6 Å². The quantitative estimate of drug-likeness (QED) is 0.823. The van der Waals surface area contributed by atoms with Crippen LogP contribution in [0.2, 0.25) is 0 Å². The molecule has 1 saturated heterocycles. The van der Waals surface area contributed by atoms with Gasteiger partial charge in [-0.15, -0.1) is 0 Å². The Morgan fingerprint density at radius 2 is 1.82 bits per heavy atom. The van der Waals surface area contributed by atoms with Crippen LogP contribution < -0.4 is 10.2 Å². The molecule has 1 fully saturated rings. The molecule has 6 heteroatoms. The Labute approximate surface area is 165 Å². The van der Waals surface area contributed by atoms with Gasteiger partial charge in [0.25, 0.3) is 5.91 Å². The monoisotopic (exact) mass is 387 g/mol. The highest BCUT2D eigenvalue weighted by atomic mass is 19.2. The van der Waals surface area contributed by atoms with E-state index in [2.05, 4.69) is 46.3 Å². The molecule has 28 heavy (non-hydrogen) atoms. The van der Waals surface area contributed by atoms with Crippen LogP contribution >= 0.6 is 0 Å². The molecule has 1 aliphatic rings. The molecule has 0 unspecified atom stereocenters. The average Bonchev–Trinajstić information content (AvgIpc) is 2.69. The smallest absolute Gasteiger partial charge is 0.251 e. The molecule has 1 atom stereocenters. The largest absolute Gasteiger partial charge is 0.369 e. The fourth-order valence-electron chi connectivity index (χ4n) is 3.45. The van der Waals surface area contributed by atoms with Gasteiger partial charge in [-0.2, -0.15) is 0 Å². The first-order chi connectivity index (χ1) is 13.4. The van der Waals surface area contributed by atoms with Crippen LogP contribution in [0.1, 0.15) is 29.3 Å². The van der Waals surface area contributed by atoms with Gasteiger partial charge in [0.2, 0.25) is 0 Å². The summed E-state index contributed by atoms with van der Waals surface area (Å²) in [4.78, 5) is 17.0. The van der Waals surface area contributed by atoms with Gasteiger partial charge in [0.1, 0.15) is 0 Å². The van der Waals surface area contributed by atoms with Crippen molar-refractivity contribution in [3.05, 3.63) is 65.2 Å². The van der Waals surface area contributed by atoms with E-state index in [4.69, 9.17) is 0 Å². The standard InChI is InChI=1S/C22H27F2N3O/c1-16-4-3-5-19(14-16)27-12-10-26(11-13-27)9-8-17(2)25-22(28)18-6-7-20(23)21(24)15-18/h3-7,14-15,17H,8-13H2,1-2H3,(H,25,28)/t17-/m0/s1. The van der Waals surface area contributed by atoms with Crippen molar-refractivity contribution in [3.63, 3.8) is 0 Å². The lowest BCUT2D eigenvalue weighted by molar-refractivity contribution is 0.0934. The second-order valence-electron chi connectivity index (χ2n) is 7.46. The van der Waals surface area contributed by atoms with Crippen molar-refractivity contribution in [2.24, 2.45) is 0 Å². The number of nitrogens with one attached hydrogen (secondary N) is 1. The molecule has 4 nitrogen and oxygen atoms in total. The van der Waals surface area contributed by atoms with E-state index >= 15 is 0 Å². The molecule has 2 aromatic rings. The minimum absolute atomic E-state index is 0.0459. The van der Waals surface area contributed by atoms with Crippen molar-refractivity contribution in [1.82, 2.24) is 10.2 Å². The summed E-state index contributed by atoms with van der Waals surface area (Å²) in [5.74, 6) is -2.34. The maximum absolute atomic E-state index is 13.3. The molecule has 1 heterocycles. The molecule has 0 spiro atoms. The van der Waals surface area contributed by atoms with Gasteiger partial charge in [-0.3, -0.25) is 9.69 Å². The molecule has 1 amide bonds. The van der Waals surface area contributed by atoms with Crippen LogP contribution in [0.4, 0.5) is 14.5 Å². The zero-order valence-corrected chi connectivity index (χ0v) is 16.4. The number of nitrogens with zero attached hydrogens (tertiary/aromatic N) is 2. The molecule has 1 aliphatic heterocycles. The normalized spacial score (nSPS) is 16.1. The molecule has 0 radical (unpaired) electrons. The first-order valence-electron chi connectivity index (χ1n) is 9.72. The van der Waals surface area contributed by atoms with Crippen molar-refractivity contribution in [3.8, 4) is 0 Å². The number of carbonyl (C=O) groups excluding carboxylic acids is 1. The molecular formula is C22H27F2N3O. The van der Waals surface area contributed by atoms with Crippen molar-refractivity contribution in [2.75, 3.05) is 37.6 Å². The minimum Gasteiger partial charge on any atom is -0.369 e. The van der Waals surface area contributed by atoms with Gasteiger partial charge in [0, 0.05) is 50.0 Å². The topological polar surface area (TPSA) is 35.6 Å². The van der Waals surface area contributed by atoms with Crippen molar-refractivity contribution >= 4 is 11.6 Å². The zero-order valence-electron chi connectivity index (χ0n) is 16.4. The summed E-state index contributed by atoms with van der Waals surface area (Å²) in [5.41, 5.74) is 2.68. The van der Waals surface area contributed by atoms with Crippen LogP contribution in [0.3, 0.4) is 0 Å². The molecule has 0 aromatic heterocycles. The highest BCUT2D eigenvalue weighted by Crippen LogP contribution is 2.18. The Morgan fingerprint density at radius 3 is 2.50 bits per heavy atom. The number of anilines is 1. The summed E-state index contributed by atoms with van der Waals surface area (Å²) in [6.07, 6.45) is 0.805. The Kier molecular flexibility index (Phi) is 6.62. The molecule has 0 saturated carbocycles. The Morgan fingerprint density at radius 1 is 1.07 bits per heavy atom. The fourth-order valence-corrected chi connectivity index (χ4v) is 3.45. The number of hydrogen-bond acceptors (Lipinski definition) is 3. The van der Waals surface area contributed by atoms with Gasteiger partial charge in [0.05, 0.1) is 0 Å². The maximum Gasteiger partial charge on any atom is 0.251 e. The predicted molar refractivity (Wildman–Crippen MR) is 108 cm³/mol. The van der Waals surface area contributed by atoms with Crippen molar-refractivity contribution in [2.45, 2.75) is 26.3 Å². The molecule has 3 rings (SSSR count). The highest BCUT2D eigenvalue weighted by molar-refractivity contribution is 5.94. The third-order valence-electron chi connectivity index (χ3n) is 5.18. The van der Waals surface area contributed by atoms with E-state index in [1.54, 1.807) is 0 Å². The maximum atomic E-state index is 13.3. The average molecular weight is 387 g/mol. The summed E-state index contributed by atoms with van der Waals surface area (Å²) in [7, 11) is 0. The Balaban J connectivity index is 1.42. The fraction of sp³-hybridized carbons (Fsp3) is 0.409. The van der Waals surface area contributed by atoms with Crippen LogP contribution in [-0.4, -0.2) is 49.6 Å². The van der Waals surface area contributed by atoms with Gasteiger partial charge >= 0.3 is 0 Å².